The molecule has 1 aromatic heterocycles. The van der Waals surface area contributed by atoms with Gasteiger partial charge in [0, 0.05) is 22.8 Å². The number of halogens is 1. The maximum absolute atomic E-state index is 12.2. The van der Waals surface area contributed by atoms with Crippen LogP contribution in [0.3, 0.4) is 0 Å². The SMILES string of the molecule is Cc1[nH]c(-c2cccc(Cl)c2)nc1C(=O)NCC(O)C(C)C. The van der Waals surface area contributed by atoms with Crippen LogP contribution in [0.15, 0.2) is 24.3 Å². The largest absolute Gasteiger partial charge is 0.391 e. The summed E-state index contributed by atoms with van der Waals surface area (Å²) in [6.45, 7) is 5.78. The number of aromatic nitrogens is 2. The Morgan fingerprint density at radius 1 is 1.45 bits per heavy atom. The zero-order chi connectivity index (χ0) is 16.3. The number of benzene rings is 1. The van der Waals surface area contributed by atoms with E-state index in [9.17, 15) is 9.90 Å². The first-order valence-electron chi connectivity index (χ1n) is 7.17. The van der Waals surface area contributed by atoms with E-state index in [2.05, 4.69) is 15.3 Å². The number of H-pyrrole nitrogens is 1. The van der Waals surface area contributed by atoms with E-state index in [0.717, 1.165) is 5.56 Å². The number of carbonyl (C=O) groups is 1. The van der Waals surface area contributed by atoms with Gasteiger partial charge in [0.05, 0.1) is 6.10 Å². The van der Waals surface area contributed by atoms with Gasteiger partial charge >= 0.3 is 0 Å². The standard InChI is InChI=1S/C16H20ClN3O2/c1-9(2)13(21)8-18-16(22)14-10(3)19-15(20-14)11-5-4-6-12(17)7-11/h4-7,9,13,21H,8H2,1-3H3,(H,18,22)(H,19,20). The van der Waals surface area contributed by atoms with E-state index in [1.54, 1.807) is 19.1 Å². The molecule has 0 spiro atoms. The number of aliphatic hydroxyl groups excluding tert-OH is 1. The van der Waals surface area contributed by atoms with Crippen molar-refractivity contribution in [2.24, 2.45) is 5.92 Å². The summed E-state index contributed by atoms with van der Waals surface area (Å²) in [6, 6.07) is 7.26. The van der Waals surface area contributed by atoms with Gasteiger partial charge in [-0.15, -0.1) is 0 Å². The van der Waals surface area contributed by atoms with E-state index < -0.39 is 6.10 Å². The number of amides is 1. The van der Waals surface area contributed by atoms with Gasteiger partial charge in [0.15, 0.2) is 0 Å². The third-order valence-electron chi connectivity index (χ3n) is 3.44. The fourth-order valence-corrected chi connectivity index (χ4v) is 2.16. The van der Waals surface area contributed by atoms with Gasteiger partial charge in [-0.05, 0) is 25.0 Å². The zero-order valence-corrected chi connectivity index (χ0v) is 13.6. The lowest BCUT2D eigenvalue weighted by atomic mass is 10.1. The van der Waals surface area contributed by atoms with Crippen LogP contribution in [0.5, 0.6) is 0 Å². The van der Waals surface area contributed by atoms with Crippen LogP contribution in [-0.4, -0.2) is 33.6 Å². The van der Waals surface area contributed by atoms with E-state index in [1.807, 2.05) is 26.0 Å². The molecule has 0 saturated heterocycles. The number of hydrogen-bond acceptors (Lipinski definition) is 3. The van der Waals surface area contributed by atoms with E-state index >= 15 is 0 Å². The Morgan fingerprint density at radius 2 is 2.18 bits per heavy atom. The maximum atomic E-state index is 12.2. The molecule has 1 aromatic carbocycles. The molecule has 0 aliphatic rings. The molecule has 118 valence electrons. The molecule has 0 fully saturated rings. The smallest absolute Gasteiger partial charge is 0.271 e. The van der Waals surface area contributed by atoms with Gasteiger partial charge in [0.2, 0.25) is 0 Å². The number of aliphatic hydroxyl groups is 1. The Hall–Kier alpha value is -1.85. The summed E-state index contributed by atoms with van der Waals surface area (Å²) in [6.07, 6.45) is -0.574. The van der Waals surface area contributed by atoms with Crippen molar-refractivity contribution in [3.05, 3.63) is 40.7 Å². The van der Waals surface area contributed by atoms with Crippen LogP contribution >= 0.6 is 11.6 Å². The average molecular weight is 322 g/mol. The minimum absolute atomic E-state index is 0.0857. The number of hydrogen-bond donors (Lipinski definition) is 3. The first-order valence-corrected chi connectivity index (χ1v) is 7.55. The van der Waals surface area contributed by atoms with Gasteiger partial charge < -0.3 is 15.4 Å². The molecule has 0 radical (unpaired) electrons. The van der Waals surface area contributed by atoms with Crippen LogP contribution in [0, 0.1) is 12.8 Å². The molecule has 1 amide bonds. The van der Waals surface area contributed by atoms with Crippen molar-refractivity contribution in [3.63, 3.8) is 0 Å². The van der Waals surface area contributed by atoms with Crippen LogP contribution in [0.1, 0.15) is 30.0 Å². The van der Waals surface area contributed by atoms with Gasteiger partial charge in [-0.25, -0.2) is 4.98 Å². The first kappa shape index (κ1) is 16.5. The Labute approximate surface area is 134 Å². The lowest BCUT2D eigenvalue weighted by Crippen LogP contribution is -2.35. The van der Waals surface area contributed by atoms with Crippen LogP contribution in [-0.2, 0) is 0 Å². The fraction of sp³-hybridized carbons (Fsp3) is 0.375. The average Bonchev–Trinajstić information content (AvgIpc) is 2.86. The van der Waals surface area contributed by atoms with Crippen LogP contribution in [0.4, 0.5) is 0 Å². The first-order chi connectivity index (χ1) is 10.4. The molecule has 1 unspecified atom stereocenters. The Morgan fingerprint density at radius 3 is 2.82 bits per heavy atom. The highest BCUT2D eigenvalue weighted by molar-refractivity contribution is 6.30. The molecular formula is C16H20ClN3O2. The number of carbonyl (C=O) groups excluding carboxylic acids is 1. The maximum Gasteiger partial charge on any atom is 0.271 e. The molecule has 1 atom stereocenters. The summed E-state index contributed by atoms with van der Waals surface area (Å²) in [7, 11) is 0. The second-order valence-corrected chi connectivity index (χ2v) is 6.03. The van der Waals surface area contributed by atoms with Crippen molar-refractivity contribution in [1.82, 2.24) is 15.3 Å². The number of aryl methyl sites for hydroxylation is 1. The predicted octanol–water partition coefficient (Wildman–Crippen LogP) is 2.79. The molecule has 1 heterocycles. The van der Waals surface area contributed by atoms with Crippen molar-refractivity contribution < 1.29 is 9.90 Å². The van der Waals surface area contributed by atoms with Crippen LogP contribution in [0.25, 0.3) is 11.4 Å². The summed E-state index contributed by atoms with van der Waals surface area (Å²) in [5, 5.41) is 13.1. The fourth-order valence-electron chi connectivity index (χ4n) is 1.97. The molecule has 22 heavy (non-hydrogen) atoms. The molecular weight excluding hydrogens is 302 g/mol. The molecule has 0 saturated carbocycles. The van der Waals surface area contributed by atoms with E-state index in [-0.39, 0.29) is 18.4 Å². The molecule has 3 N–H and O–H groups in total. The van der Waals surface area contributed by atoms with E-state index in [0.29, 0.717) is 22.2 Å². The molecule has 0 bridgehead atoms. The van der Waals surface area contributed by atoms with Gasteiger partial charge in [-0.3, -0.25) is 4.79 Å². The third kappa shape index (κ3) is 3.87. The highest BCUT2D eigenvalue weighted by atomic mass is 35.5. The molecule has 6 heteroatoms. The molecule has 0 aliphatic carbocycles. The summed E-state index contributed by atoms with van der Waals surface area (Å²) >= 11 is 5.97. The van der Waals surface area contributed by atoms with Crippen LogP contribution in [0.2, 0.25) is 5.02 Å². The topological polar surface area (TPSA) is 78.0 Å². The van der Waals surface area contributed by atoms with Gasteiger partial charge in [0.1, 0.15) is 11.5 Å². The monoisotopic (exact) mass is 321 g/mol. The van der Waals surface area contributed by atoms with E-state index in [4.69, 9.17) is 11.6 Å². The van der Waals surface area contributed by atoms with Crippen molar-refractivity contribution in [2.75, 3.05) is 6.54 Å². The number of nitrogens with zero attached hydrogens (tertiary/aromatic N) is 1. The van der Waals surface area contributed by atoms with Gasteiger partial charge in [-0.2, -0.15) is 0 Å². The van der Waals surface area contributed by atoms with Crippen molar-refractivity contribution >= 4 is 17.5 Å². The molecule has 2 rings (SSSR count). The zero-order valence-electron chi connectivity index (χ0n) is 12.9. The van der Waals surface area contributed by atoms with Crippen molar-refractivity contribution in [3.8, 4) is 11.4 Å². The van der Waals surface area contributed by atoms with Crippen molar-refractivity contribution in [1.29, 1.82) is 0 Å². The second kappa shape index (κ2) is 6.94. The summed E-state index contributed by atoms with van der Waals surface area (Å²) in [5.74, 6) is 0.374. The molecule has 2 aromatic rings. The summed E-state index contributed by atoms with van der Waals surface area (Å²) in [4.78, 5) is 19.6. The van der Waals surface area contributed by atoms with Gasteiger partial charge in [-0.1, -0.05) is 37.6 Å². The highest BCUT2D eigenvalue weighted by Gasteiger charge is 2.17. The summed E-state index contributed by atoms with van der Waals surface area (Å²) in [5.41, 5.74) is 1.81. The Balaban J connectivity index is 2.14. The van der Waals surface area contributed by atoms with Crippen molar-refractivity contribution in [2.45, 2.75) is 26.9 Å². The number of aromatic amines is 1. The normalized spacial score (nSPS) is 12.5. The molecule has 0 aliphatic heterocycles. The number of rotatable bonds is 5. The third-order valence-corrected chi connectivity index (χ3v) is 3.67. The van der Waals surface area contributed by atoms with Crippen LogP contribution < -0.4 is 5.32 Å². The lowest BCUT2D eigenvalue weighted by molar-refractivity contribution is 0.0867. The Kier molecular flexibility index (Phi) is 5.21. The lowest BCUT2D eigenvalue weighted by Gasteiger charge is -2.14. The minimum atomic E-state index is -0.574. The van der Waals surface area contributed by atoms with E-state index in [1.165, 1.54) is 0 Å². The second-order valence-electron chi connectivity index (χ2n) is 5.59. The summed E-state index contributed by atoms with van der Waals surface area (Å²) < 4.78 is 0. The molecule has 5 nitrogen and oxygen atoms in total. The minimum Gasteiger partial charge on any atom is -0.391 e. The predicted molar refractivity (Wildman–Crippen MR) is 86.9 cm³/mol. The highest BCUT2D eigenvalue weighted by Crippen LogP contribution is 2.21. The van der Waals surface area contributed by atoms with Gasteiger partial charge in [0.25, 0.3) is 5.91 Å². The Bertz CT molecular complexity index is 667. The quantitative estimate of drug-likeness (QED) is 0.792. The number of imidazole rings is 1. The number of nitrogens with one attached hydrogen (secondary N) is 2.